The summed E-state index contributed by atoms with van der Waals surface area (Å²) in [4.78, 5) is 12.5. The fourth-order valence-corrected chi connectivity index (χ4v) is 2.08. The number of hydrogen-bond acceptors (Lipinski definition) is 2. The first-order chi connectivity index (χ1) is 7.82. The first-order valence-electron chi connectivity index (χ1n) is 4.91. The number of carbonyl (C=O) groups is 1. The summed E-state index contributed by atoms with van der Waals surface area (Å²) >= 11 is 17.7. The summed E-state index contributed by atoms with van der Waals surface area (Å²) in [6, 6.07) is 3.17. The van der Waals surface area contributed by atoms with E-state index in [9.17, 15) is 4.79 Å². The molecule has 1 N–H and O–H groups in total. The Hall–Kier alpha value is -0.640. The largest absolute Gasteiger partial charge is 0.481 e. The lowest BCUT2D eigenvalue weighted by Gasteiger charge is -2.23. The van der Waals surface area contributed by atoms with Crippen LogP contribution < -0.4 is 4.90 Å². The number of rotatable bonds is 4. The smallest absolute Gasteiger partial charge is 0.308 e. The van der Waals surface area contributed by atoms with Crippen LogP contribution in [0.5, 0.6) is 0 Å². The second-order valence-electron chi connectivity index (χ2n) is 3.84. The van der Waals surface area contributed by atoms with Gasteiger partial charge in [-0.15, -0.1) is 0 Å². The van der Waals surface area contributed by atoms with Gasteiger partial charge in [-0.25, -0.2) is 0 Å². The SMILES string of the molecule is CC(CN(C)c1cc(Cl)c(Cl)cc1Cl)C(=O)O. The van der Waals surface area contributed by atoms with E-state index in [2.05, 4.69) is 0 Å². The zero-order valence-electron chi connectivity index (χ0n) is 9.38. The number of aliphatic carboxylic acids is 1. The molecule has 0 radical (unpaired) electrons. The molecule has 0 amide bonds. The molecule has 0 saturated heterocycles. The van der Waals surface area contributed by atoms with Crippen LogP contribution in [0.4, 0.5) is 5.69 Å². The van der Waals surface area contributed by atoms with Crippen LogP contribution in [0.2, 0.25) is 15.1 Å². The second-order valence-corrected chi connectivity index (χ2v) is 5.06. The summed E-state index contributed by atoms with van der Waals surface area (Å²) in [6.07, 6.45) is 0. The van der Waals surface area contributed by atoms with Crippen LogP contribution in [0.15, 0.2) is 12.1 Å². The van der Waals surface area contributed by atoms with E-state index in [0.717, 1.165) is 0 Å². The van der Waals surface area contributed by atoms with Crippen LogP contribution in [0.25, 0.3) is 0 Å². The van der Waals surface area contributed by atoms with Crippen molar-refractivity contribution in [3.05, 3.63) is 27.2 Å². The van der Waals surface area contributed by atoms with Gasteiger partial charge in [-0.05, 0) is 12.1 Å². The van der Waals surface area contributed by atoms with Crippen LogP contribution in [0, 0.1) is 5.92 Å². The van der Waals surface area contributed by atoms with E-state index >= 15 is 0 Å². The fraction of sp³-hybridized carbons (Fsp3) is 0.364. The molecule has 1 aromatic rings. The zero-order valence-corrected chi connectivity index (χ0v) is 11.6. The number of carboxylic acid groups (broad SMARTS) is 1. The molecule has 0 aromatic heterocycles. The summed E-state index contributed by atoms with van der Waals surface area (Å²) in [5.41, 5.74) is 0.661. The summed E-state index contributed by atoms with van der Waals surface area (Å²) in [5, 5.41) is 10.0. The molecule has 0 heterocycles. The maximum atomic E-state index is 10.8. The Bertz CT molecular complexity index is 437. The van der Waals surface area contributed by atoms with Crippen molar-refractivity contribution in [2.75, 3.05) is 18.5 Å². The molecule has 0 aliphatic carbocycles. The molecule has 0 spiro atoms. The van der Waals surface area contributed by atoms with E-state index in [1.54, 1.807) is 31.0 Å². The topological polar surface area (TPSA) is 40.5 Å². The Kier molecular flexibility index (Phi) is 4.92. The molecule has 0 bridgehead atoms. The maximum absolute atomic E-state index is 10.8. The van der Waals surface area contributed by atoms with E-state index in [4.69, 9.17) is 39.9 Å². The van der Waals surface area contributed by atoms with Crippen LogP contribution in [-0.2, 0) is 4.79 Å². The quantitative estimate of drug-likeness (QED) is 0.859. The molecule has 6 heteroatoms. The number of nitrogens with zero attached hydrogens (tertiary/aromatic N) is 1. The second kappa shape index (κ2) is 5.80. The number of carboxylic acids is 1. The summed E-state index contributed by atoms with van der Waals surface area (Å²) in [7, 11) is 1.75. The minimum atomic E-state index is -0.854. The fourth-order valence-electron chi connectivity index (χ4n) is 1.39. The molecule has 1 rings (SSSR count). The highest BCUT2D eigenvalue weighted by atomic mass is 35.5. The van der Waals surface area contributed by atoms with Gasteiger partial charge in [0.25, 0.3) is 0 Å². The molecule has 0 aliphatic heterocycles. The molecular weight excluding hydrogens is 284 g/mol. The van der Waals surface area contributed by atoms with Crippen molar-refractivity contribution in [2.24, 2.45) is 5.92 Å². The predicted octanol–water partition coefficient (Wildman–Crippen LogP) is 3.80. The Morgan fingerprint density at radius 3 is 2.35 bits per heavy atom. The summed E-state index contributed by atoms with van der Waals surface area (Å²) < 4.78 is 0. The molecule has 1 atom stereocenters. The third-order valence-electron chi connectivity index (χ3n) is 2.37. The van der Waals surface area contributed by atoms with E-state index in [1.165, 1.54) is 0 Å². The third-order valence-corrected chi connectivity index (χ3v) is 3.40. The van der Waals surface area contributed by atoms with E-state index in [0.29, 0.717) is 27.3 Å². The van der Waals surface area contributed by atoms with Crippen molar-refractivity contribution in [3.63, 3.8) is 0 Å². The van der Waals surface area contributed by atoms with Gasteiger partial charge in [0, 0.05) is 13.6 Å². The monoisotopic (exact) mass is 295 g/mol. The molecule has 1 unspecified atom stereocenters. The lowest BCUT2D eigenvalue weighted by molar-refractivity contribution is -0.140. The van der Waals surface area contributed by atoms with Crippen LogP contribution >= 0.6 is 34.8 Å². The average Bonchev–Trinajstić information content (AvgIpc) is 2.22. The normalized spacial score (nSPS) is 12.3. The van der Waals surface area contributed by atoms with Crippen molar-refractivity contribution in [2.45, 2.75) is 6.92 Å². The van der Waals surface area contributed by atoms with Crippen LogP contribution in [0.1, 0.15) is 6.92 Å². The van der Waals surface area contributed by atoms with E-state index in [-0.39, 0.29) is 0 Å². The van der Waals surface area contributed by atoms with E-state index in [1.807, 2.05) is 0 Å². The van der Waals surface area contributed by atoms with Crippen molar-refractivity contribution in [1.82, 2.24) is 0 Å². The van der Waals surface area contributed by atoms with Crippen molar-refractivity contribution in [3.8, 4) is 0 Å². The highest BCUT2D eigenvalue weighted by Crippen LogP contribution is 2.34. The highest BCUT2D eigenvalue weighted by molar-refractivity contribution is 6.44. The molecule has 3 nitrogen and oxygen atoms in total. The predicted molar refractivity (Wildman–Crippen MR) is 71.5 cm³/mol. The van der Waals surface area contributed by atoms with Crippen molar-refractivity contribution < 1.29 is 9.90 Å². The van der Waals surface area contributed by atoms with E-state index < -0.39 is 11.9 Å². The molecule has 0 aliphatic rings. The molecule has 0 fully saturated rings. The Balaban J connectivity index is 2.92. The first kappa shape index (κ1) is 14.4. The van der Waals surface area contributed by atoms with Gasteiger partial charge < -0.3 is 10.0 Å². The Labute approximate surface area is 115 Å². The minimum Gasteiger partial charge on any atom is -0.481 e. The number of hydrogen-bond donors (Lipinski definition) is 1. The Morgan fingerprint density at radius 1 is 1.29 bits per heavy atom. The molecular formula is C11H12Cl3NO2. The van der Waals surface area contributed by atoms with Gasteiger partial charge in [-0.3, -0.25) is 4.79 Å². The number of halogens is 3. The summed E-state index contributed by atoms with van der Waals surface area (Å²) in [6.45, 7) is 1.97. The summed E-state index contributed by atoms with van der Waals surface area (Å²) in [5.74, 6) is -1.35. The van der Waals surface area contributed by atoms with Gasteiger partial charge in [0.15, 0.2) is 0 Å². The van der Waals surface area contributed by atoms with Crippen LogP contribution in [-0.4, -0.2) is 24.7 Å². The van der Waals surface area contributed by atoms with Crippen molar-refractivity contribution >= 4 is 46.5 Å². The molecule has 0 saturated carbocycles. The first-order valence-corrected chi connectivity index (χ1v) is 6.04. The van der Waals surface area contributed by atoms with Gasteiger partial charge >= 0.3 is 5.97 Å². The molecule has 94 valence electrons. The maximum Gasteiger partial charge on any atom is 0.308 e. The standard InChI is InChI=1S/C11H12Cl3NO2/c1-6(11(16)17)5-15(2)10-4-8(13)7(12)3-9(10)14/h3-4,6H,5H2,1-2H3,(H,16,17). The highest BCUT2D eigenvalue weighted by Gasteiger charge is 2.16. The Morgan fingerprint density at radius 2 is 1.82 bits per heavy atom. The zero-order chi connectivity index (χ0) is 13.2. The van der Waals surface area contributed by atoms with Gasteiger partial charge in [0.1, 0.15) is 0 Å². The number of benzene rings is 1. The lowest BCUT2D eigenvalue weighted by atomic mass is 10.1. The van der Waals surface area contributed by atoms with Crippen LogP contribution in [0.3, 0.4) is 0 Å². The average molecular weight is 297 g/mol. The van der Waals surface area contributed by atoms with Gasteiger partial charge in [0.05, 0.1) is 26.7 Å². The van der Waals surface area contributed by atoms with Gasteiger partial charge in [0.2, 0.25) is 0 Å². The van der Waals surface area contributed by atoms with Gasteiger partial charge in [-0.1, -0.05) is 41.7 Å². The van der Waals surface area contributed by atoms with Gasteiger partial charge in [-0.2, -0.15) is 0 Å². The third kappa shape index (κ3) is 3.66. The molecule has 1 aromatic carbocycles. The lowest BCUT2D eigenvalue weighted by Crippen LogP contribution is -2.28. The minimum absolute atomic E-state index is 0.340. The van der Waals surface area contributed by atoms with Crippen molar-refractivity contribution in [1.29, 1.82) is 0 Å². The number of anilines is 1. The molecule has 17 heavy (non-hydrogen) atoms.